The normalized spacial score (nSPS) is 10.3. The van der Waals surface area contributed by atoms with Crippen molar-refractivity contribution in [2.24, 2.45) is 0 Å². The van der Waals surface area contributed by atoms with Crippen LogP contribution in [0.4, 0.5) is 23.1 Å². The van der Waals surface area contributed by atoms with E-state index in [0.717, 1.165) is 23.7 Å². The standard InChI is InChI=1S/C18H19N5/c1-3-23(16-10-5-4-6-11-16)17-13-19-22-18(21-17)20-15-9-7-8-14(2)12-15/h4-13H,3H2,1-2H3,(H,20,21,22). The summed E-state index contributed by atoms with van der Waals surface area (Å²) < 4.78 is 0. The van der Waals surface area contributed by atoms with E-state index in [1.807, 2.05) is 36.4 Å². The minimum absolute atomic E-state index is 0.488. The number of para-hydroxylation sites is 1. The Morgan fingerprint density at radius 1 is 1.04 bits per heavy atom. The molecule has 3 rings (SSSR count). The van der Waals surface area contributed by atoms with Crippen molar-refractivity contribution in [2.75, 3.05) is 16.8 Å². The monoisotopic (exact) mass is 305 g/mol. The minimum Gasteiger partial charge on any atom is -0.325 e. The summed E-state index contributed by atoms with van der Waals surface area (Å²) >= 11 is 0. The molecule has 0 atom stereocenters. The van der Waals surface area contributed by atoms with Gasteiger partial charge in [-0.15, -0.1) is 5.10 Å². The van der Waals surface area contributed by atoms with Gasteiger partial charge >= 0.3 is 0 Å². The van der Waals surface area contributed by atoms with Crippen LogP contribution < -0.4 is 10.2 Å². The predicted molar refractivity (Wildman–Crippen MR) is 93.4 cm³/mol. The van der Waals surface area contributed by atoms with Gasteiger partial charge in [0.25, 0.3) is 0 Å². The first-order valence-electron chi connectivity index (χ1n) is 7.62. The molecule has 1 N–H and O–H groups in total. The lowest BCUT2D eigenvalue weighted by Crippen LogP contribution is -2.18. The van der Waals surface area contributed by atoms with E-state index in [9.17, 15) is 0 Å². The van der Waals surface area contributed by atoms with E-state index in [-0.39, 0.29) is 0 Å². The third kappa shape index (κ3) is 3.63. The molecule has 116 valence electrons. The zero-order valence-corrected chi connectivity index (χ0v) is 13.3. The van der Waals surface area contributed by atoms with Crippen LogP contribution in [0, 0.1) is 6.92 Å². The number of aromatic nitrogens is 3. The Kier molecular flexibility index (Phi) is 4.47. The first kappa shape index (κ1) is 15.0. The average molecular weight is 305 g/mol. The zero-order chi connectivity index (χ0) is 16.1. The van der Waals surface area contributed by atoms with E-state index in [4.69, 9.17) is 0 Å². The van der Waals surface area contributed by atoms with Crippen molar-refractivity contribution in [2.45, 2.75) is 13.8 Å². The van der Waals surface area contributed by atoms with Crippen LogP contribution in [0.3, 0.4) is 0 Å². The Balaban J connectivity index is 1.87. The molecule has 0 radical (unpaired) electrons. The van der Waals surface area contributed by atoms with E-state index >= 15 is 0 Å². The fourth-order valence-corrected chi connectivity index (χ4v) is 2.41. The Morgan fingerprint density at radius 2 is 1.87 bits per heavy atom. The lowest BCUT2D eigenvalue weighted by molar-refractivity contribution is 0.922. The molecule has 0 aliphatic rings. The molecule has 0 saturated heterocycles. The van der Waals surface area contributed by atoms with E-state index < -0.39 is 0 Å². The van der Waals surface area contributed by atoms with Crippen LogP contribution in [-0.2, 0) is 0 Å². The third-order valence-electron chi connectivity index (χ3n) is 3.48. The van der Waals surface area contributed by atoms with Crippen molar-refractivity contribution in [1.29, 1.82) is 0 Å². The Labute approximate surface area is 136 Å². The maximum atomic E-state index is 4.59. The van der Waals surface area contributed by atoms with E-state index in [2.05, 4.69) is 57.4 Å². The number of aryl methyl sites for hydroxylation is 1. The SMILES string of the molecule is CCN(c1ccccc1)c1cnnc(Nc2cccc(C)c2)n1. The van der Waals surface area contributed by atoms with Crippen molar-refractivity contribution >= 4 is 23.1 Å². The third-order valence-corrected chi connectivity index (χ3v) is 3.48. The highest BCUT2D eigenvalue weighted by Crippen LogP contribution is 2.23. The lowest BCUT2D eigenvalue weighted by atomic mass is 10.2. The molecule has 0 saturated carbocycles. The van der Waals surface area contributed by atoms with Crippen molar-refractivity contribution in [3.05, 3.63) is 66.4 Å². The predicted octanol–water partition coefficient (Wildman–Crippen LogP) is 4.08. The summed E-state index contributed by atoms with van der Waals surface area (Å²) in [6.07, 6.45) is 1.68. The molecule has 5 nitrogen and oxygen atoms in total. The molecule has 5 heteroatoms. The van der Waals surface area contributed by atoms with Gasteiger partial charge < -0.3 is 10.2 Å². The second-order valence-corrected chi connectivity index (χ2v) is 5.21. The number of hydrogen-bond acceptors (Lipinski definition) is 5. The maximum absolute atomic E-state index is 4.59. The molecule has 1 aromatic heterocycles. The zero-order valence-electron chi connectivity index (χ0n) is 13.3. The topological polar surface area (TPSA) is 53.9 Å². The summed E-state index contributed by atoms with van der Waals surface area (Å²) in [6, 6.07) is 18.2. The van der Waals surface area contributed by atoms with Gasteiger partial charge in [0.2, 0.25) is 5.95 Å². The summed E-state index contributed by atoms with van der Waals surface area (Å²) in [5, 5.41) is 11.4. The number of nitrogens with one attached hydrogen (secondary N) is 1. The maximum Gasteiger partial charge on any atom is 0.249 e. The molecule has 1 heterocycles. The van der Waals surface area contributed by atoms with Crippen molar-refractivity contribution in [3.8, 4) is 0 Å². The highest BCUT2D eigenvalue weighted by molar-refractivity contribution is 5.61. The van der Waals surface area contributed by atoms with Gasteiger partial charge in [-0.25, -0.2) is 0 Å². The number of nitrogens with zero attached hydrogens (tertiary/aromatic N) is 4. The van der Waals surface area contributed by atoms with E-state index in [1.54, 1.807) is 6.20 Å². The van der Waals surface area contributed by atoms with Gasteiger partial charge in [0.1, 0.15) is 0 Å². The molecular formula is C18H19N5. The summed E-state index contributed by atoms with van der Waals surface area (Å²) in [7, 11) is 0. The highest BCUT2D eigenvalue weighted by Gasteiger charge is 2.10. The molecule has 0 aliphatic heterocycles. The molecule has 0 bridgehead atoms. The number of benzene rings is 2. The lowest BCUT2D eigenvalue weighted by Gasteiger charge is -2.21. The van der Waals surface area contributed by atoms with Crippen LogP contribution in [0.1, 0.15) is 12.5 Å². The molecule has 0 amide bonds. The van der Waals surface area contributed by atoms with Crippen LogP contribution in [0.5, 0.6) is 0 Å². The molecule has 2 aromatic carbocycles. The van der Waals surface area contributed by atoms with Crippen LogP contribution in [0.15, 0.2) is 60.8 Å². The average Bonchev–Trinajstić information content (AvgIpc) is 2.57. The van der Waals surface area contributed by atoms with Crippen LogP contribution in [-0.4, -0.2) is 21.7 Å². The smallest absolute Gasteiger partial charge is 0.249 e. The van der Waals surface area contributed by atoms with E-state index in [0.29, 0.717) is 5.95 Å². The van der Waals surface area contributed by atoms with Gasteiger partial charge in [-0.2, -0.15) is 10.1 Å². The first-order valence-corrected chi connectivity index (χ1v) is 7.62. The second-order valence-electron chi connectivity index (χ2n) is 5.21. The minimum atomic E-state index is 0.488. The Bertz CT molecular complexity index is 773. The first-order chi connectivity index (χ1) is 11.3. The molecule has 3 aromatic rings. The molecular weight excluding hydrogens is 286 g/mol. The number of hydrogen-bond donors (Lipinski definition) is 1. The molecule has 0 aliphatic carbocycles. The van der Waals surface area contributed by atoms with Crippen molar-refractivity contribution < 1.29 is 0 Å². The van der Waals surface area contributed by atoms with Crippen molar-refractivity contribution in [1.82, 2.24) is 15.2 Å². The van der Waals surface area contributed by atoms with Gasteiger partial charge in [0.15, 0.2) is 5.82 Å². The van der Waals surface area contributed by atoms with Gasteiger partial charge in [0, 0.05) is 17.9 Å². The summed E-state index contributed by atoms with van der Waals surface area (Å²) in [4.78, 5) is 6.68. The Morgan fingerprint density at radius 3 is 2.61 bits per heavy atom. The fourth-order valence-electron chi connectivity index (χ4n) is 2.41. The molecule has 0 fully saturated rings. The van der Waals surface area contributed by atoms with Crippen LogP contribution in [0.25, 0.3) is 0 Å². The summed E-state index contributed by atoms with van der Waals surface area (Å²) in [6.45, 7) is 4.93. The van der Waals surface area contributed by atoms with Gasteiger partial charge in [0.05, 0.1) is 6.20 Å². The highest BCUT2D eigenvalue weighted by atomic mass is 15.3. The van der Waals surface area contributed by atoms with Crippen LogP contribution >= 0.6 is 0 Å². The van der Waals surface area contributed by atoms with E-state index in [1.165, 1.54) is 5.56 Å². The largest absolute Gasteiger partial charge is 0.325 e. The van der Waals surface area contributed by atoms with Gasteiger partial charge in [-0.1, -0.05) is 30.3 Å². The Hall–Kier alpha value is -2.95. The molecule has 0 spiro atoms. The van der Waals surface area contributed by atoms with Crippen LogP contribution in [0.2, 0.25) is 0 Å². The fraction of sp³-hybridized carbons (Fsp3) is 0.167. The molecule has 23 heavy (non-hydrogen) atoms. The summed E-state index contributed by atoms with van der Waals surface area (Å²) in [5.41, 5.74) is 3.21. The number of rotatable bonds is 5. The van der Waals surface area contributed by atoms with Gasteiger partial charge in [-0.05, 0) is 43.7 Å². The van der Waals surface area contributed by atoms with Gasteiger partial charge in [-0.3, -0.25) is 0 Å². The van der Waals surface area contributed by atoms with Crippen molar-refractivity contribution in [3.63, 3.8) is 0 Å². The molecule has 0 unspecified atom stereocenters. The quantitative estimate of drug-likeness (QED) is 0.769. The second kappa shape index (κ2) is 6.87. The summed E-state index contributed by atoms with van der Waals surface area (Å²) in [5.74, 6) is 1.26. The number of anilines is 4.